The summed E-state index contributed by atoms with van der Waals surface area (Å²) in [5, 5.41) is 1.84. The van der Waals surface area contributed by atoms with Crippen LogP contribution in [0, 0.1) is 0 Å². The van der Waals surface area contributed by atoms with Gasteiger partial charge in [0.25, 0.3) is 5.91 Å². The Morgan fingerprint density at radius 2 is 2.08 bits per heavy atom. The zero-order valence-corrected chi connectivity index (χ0v) is 14.8. The Hall–Kier alpha value is -2.72. The topological polar surface area (TPSA) is 45.3 Å². The summed E-state index contributed by atoms with van der Waals surface area (Å²) in [5.74, 6) is 0.801. The molecule has 0 radical (unpaired) electrons. The average molecular weight is 365 g/mol. The predicted octanol–water partition coefficient (Wildman–Crippen LogP) is 4.18. The molecule has 26 heavy (non-hydrogen) atoms. The quantitative estimate of drug-likeness (QED) is 0.704. The van der Waals surface area contributed by atoms with Crippen LogP contribution in [-0.4, -0.2) is 28.9 Å². The van der Waals surface area contributed by atoms with Gasteiger partial charge in [0.1, 0.15) is 12.4 Å². The zero-order chi connectivity index (χ0) is 17.7. The molecule has 5 heteroatoms. The molecule has 0 aliphatic carbocycles. The molecule has 1 amide bonds. The van der Waals surface area contributed by atoms with Crippen molar-refractivity contribution in [3.05, 3.63) is 69.9 Å². The lowest BCUT2D eigenvalue weighted by atomic mass is 10.0. The monoisotopic (exact) mass is 364 g/mol. The zero-order valence-electron chi connectivity index (χ0n) is 14.1. The molecule has 0 fully saturated rings. The molecule has 1 N–H and O–H groups in total. The van der Waals surface area contributed by atoms with Crippen molar-refractivity contribution in [2.24, 2.45) is 0 Å². The molecule has 0 spiro atoms. The number of carbonyl (C=O) groups is 1. The van der Waals surface area contributed by atoms with Crippen LogP contribution in [0.4, 0.5) is 0 Å². The molecule has 3 heterocycles. The van der Waals surface area contributed by atoms with Crippen LogP contribution in [-0.2, 0) is 17.8 Å². The van der Waals surface area contributed by atoms with Crippen molar-refractivity contribution in [3.8, 4) is 5.75 Å². The summed E-state index contributed by atoms with van der Waals surface area (Å²) in [6, 6.07) is 13.7. The van der Waals surface area contributed by atoms with Crippen molar-refractivity contribution in [2.75, 3.05) is 13.2 Å². The Morgan fingerprint density at radius 1 is 1.19 bits per heavy atom. The first-order chi connectivity index (χ1) is 12.7. The summed E-state index contributed by atoms with van der Waals surface area (Å²) in [4.78, 5) is 18.4. The Labute approximate surface area is 156 Å². The van der Waals surface area contributed by atoms with Gasteiger partial charge in [0.05, 0.1) is 5.57 Å². The van der Waals surface area contributed by atoms with Crippen molar-refractivity contribution in [3.63, 3.8) is 0 Å². The number of rotatable bonds is 1. The van der Waals surface area contributed by atoms with Crippen LogP contribution < -0.4 is 4.74 Å². The highest BCUT2D eigenvalue weighted by molar-refractivity contribution is 6.30. The van der Waals surface area contributed by atoms with E-state index in [1.54, 1.807) is 6.07 Å². The lowest BCUT2D eigenvalue weighted by Gasteiger charge is -2.29. The standard InChI is InChI=1S/C21H17ClN2O2/c22-15-5-6-20-13(10-15)9-14(12-26-20)21(25)24-8-7-19-17(11-24)16-3-1-2-4-18(16)23-19/h1-6,9-10,23H,7-8,11-12H2. The van der Waals surface area contributed by atoms with E-state index >= 15 is 0 Å². The second-order valence-corrected chi connectivity index (χ2v) is 7.18. The molecule has 4 nitrogen and oxygen atoms in total. The summed E-state index contributed by atoms with van der Waals surface area (Å²) in [7, 11) is 0. The van der Waals surface area contributed by atoms with Gasteiger partial charge in [0.15, 0.2) is 0 Å². The van der Waals surface area contributed by atoms with Gasteiger partial charge >= 0.3 is 0 Å². The van der Waals surface area contributed by atoms with Crippen LogP contribution in [0.2, 0.25) is 5.02 Å². The van der Waals surface area contributed by atoms with Gasteiger partial charge in [0.2, 0.25) is 0 Å². The van der Waals surface area contributed by atoms with E-state index in [2.05, 4.69) is 17.1 Å². The first-order valence-electron chi connectivity index (χ1n) is 8.70. The number of nitrogens with one attached hydrogen (secondary N) is 1. The molecular weight excluding hydrogens is 348 g/mol. The van der Waals surface area contributed by atoms with Gasteiger partial charge in [-0.05, 0) is 30.3 Å². The number of nitrogens with zero attached hydrogens (tertiary/aromatic N) is 1. The van der Waals surface area contributed by atoms with Gasteiger partial charge in [-0.15, -0.1) is 0 Å². The minimum absolute atomic E-state index is 0.0338. The highest BCUT2D eigenvalue weighted by Gasteiger charge is 2.27. The summed E-state index contributed by atoms with van der Waals surface area (Å²) in [6.07, 6.45) is 2.74. The normalized spacial score (nSPS) is 15.9. The van der Waals surface area contributed by atoms with Crippen molar-refractivity contribution < 1.29 is 9.53 Å². The third-order valence-electron chi connectivity index (χ3n) is 5.13. The summed E-state index contributed by atoms with van der Waals surface area (Å²) < 4.78 is 5.75. The first-order valence-corrected chi connectivity index (χ1v) is 9.07. The summed E-state index contributed by atoms with van der Waals surface area (Å²) >= 11 is 6.07. The molecule has 0 saturated carbocycles. The largest absolute Gasteiger partial charge is 0.488 e. The highest BCUT2D eigenvalue weighted by Crippen LogP contribution is 2.31. The van der Waals surface area contributed by atoms with E-state index in [4.69, 9.17) is 16.3 Å². The van der Waals surface area contributed by atoms with E-state index in [0.29, 0.717) is 30.3 Å². The van der Waals surface area contributed by atoms with Gasteiger partial charge in [-0.25, -0.2) is 0 Å². The molecule has 0 atom stereocenters. The Balaban J connectivity index is 1.45. The maximum Gasteiger partial charge on any atom is 0.253 e. The second kappa shape index (κ2) is 5.92. The maximum absolute atomic E-state index is 13.1. The van der Waals surface area contributed by atoms with Crippen LogP contribution in [0.15, 0.2) is 48.0 Å². The van der Waals surface area contributed by atoms with Crippen LogP contribution >= 0.6 is 11.6 Å². The number of fused-ring (bicyclic) bond motifs is 4. The van der Waals surface area contributed by atoms with Crippen LogP contribution in [0.3, 0.4) is 0 Å². The van der Waals surface area contributed by atoms with Gasteiger partial charge in [-0.1, -0.05) is 29.8 Å². The maximum atomic E-state index is 13.1. The predicted molar refractivity (Wildman–Crippen MR) is 102 cm³/mol. The fourth-order valence-corrected chi connectivity index (χ4v) is 4.00. The highest BCUT2D eigenvalue weighted by atomic mass is 35.5. The second-order valence-electron chi connectivity index (χ2n) is 6.74. The molecule has 1 aromatic heterocycles. The molecule has 5 rings (SSSR count). The number of halogens is 1. The molecular formula is C21H17ClN2O2. The minimum Gasteiger partial charge on any atom is -0.488 e. The number of aromatic nitrogens is 1. The van der Waals surface area contributed by atoms with E-state index < -0.39 is 0 Å². The van der Waals surface area contributed by atoms with Gasteiger partial charge in [-0.3, -0.25) is 4.79 Å². The number of para-hydroxylation sites is 1. The van der Waals surface area contributed by atoms with Crippen LogP contribution in [0.25, 0.3) is 17.0 Å². The van der Waals surface area contributed by atoms with Gasteiger partial charge in [-0.2, -0.15) is 0 Å². The van der Waals surface area contributed by atoms with Crippen LogP contribution in [0.1, 0.15) is 16.8 Å². The smallest absolute Gasteiger partial charge is 0.253 e. The van der Waals surface area contributed by atoms with Gasteiger partial charge in [0, 0.05) is 52.3 Å². The van der Waals surface area contributed by atoms with Crippen LogP contribution in [0.5, 0.6) is 5.75 Å². The number of carbonyl (C=O) groups excluding carboxylic acids is 1. The third kappa shape index (κ3) is 2.49. The Bertz CT molecular complexity index is 1070. The lowest BCUT2D eigenvalue weighted by molar-refractivity contribution is -0.128. The molecule has 3 aromatic rings. The number of hydrogen-bond donors (Lipinski definition) is 1. The van der Waals surface area contributed by atoms with Gasteiger partial charge < -0.3 is 14.6 Å². The van der Waals surface area contributed by atoms with Crippen molar-refractivity contribution in [1.29, 1.82) is 0 Å². The van der Waals surface area contributed by atoms with Crippen molar-refractivity contribution in [1.82, 2.24) is 9.88 Å². The molecule has 0 bridgehead atoms. The number of aromatic amines is 1. The average Bonchev–Trinajstić information content (AvgIpc) is 3.04. The van der Waals surface area contributed by atoms with E-state index in [9.17, 15) is 4.79 Å². The number of ether oxygens (including phenoxy) is 1. The summed E-state index contributed by atoms with van der Waals surface area (Å²) in [5.41, 5.74) is 5.12. The number of H-pyrrole nitrogens is 1. The molecule has 130 valence electrons. The van der Waals surface area contributed by atoms with Crippen molar-refractivity contribution in [2.45, 2.75) is 13.0 Å². The van der Waals surface area contributed by atoms with E-state index in [1.807, 2.05) is 35.2 Å². The number of hydrogen-bond acceptors (Lipinski definition) is 2. The molecule has 2 aromatic carbocycles. The molecule has 0 saturated heterocycles. The number of amides is 1. The molecule has 2 aliphatic rings. The fourth-order valence-electron chi connectivity index (χ4n) is 3.81. The van der Waals surface area contributed by atoms with Crippen molar-refractivity contribution >= 4 is 34.5 Å². The third-order valence-corrected chi connectivity index (χ3v) is 5.36. The van der Waals surface area contributed by atoms with E-state index in [0.717, 1.165) is 23.3 Å². The van der Waals surface area contributed by atoms with E-state index in [1.165, 1.54) is 16.6 Å². The minimum atomic E-state index is 0.0338. The molecule has 2 aliphatic heterocycles. The fraction of sp³-hybridized carbons (Fsp3) is 0.190. The Kier molecular flexibility index (Phi) is 3.54. The molecule has 0 unspecified atom stereocenters. The Morgan fingerprint density at radius 3 is 3.00 bits per heavy atom. The lowest BCUT2D eigenvalue weighted by Crippen LogP contribution is -2.38. The van der Waals surface area contributed by atoms with E-state index in [-0.39, 0.29) is 5.91 Å². The SMILES string of the molecule is O=C(C1=Cc2cc(Cl)ccc2OC1)N1CCc2[nH]c3ccccc3c2C1. The number of benzene rings is 2. The summed E-state index contributed by atoms with van der Waals surface area (Å²) in [6.45, 7) is 1.63. The first kappa shape index (κ1) is 15.5.